The number of anilines is 1. The fourth-order valence-electron chi connectivity index (χ4n) is 14.2. The first kappa shape index (κ1) is 44.7. The van der Waals surface area contributed by atoms with E-state index >= 15 is 0 Å². The number of nitrogens with zero attached hydrogens (tertiary/aromatic N) is 2. The van der Waals surface area contributed by atoms with Crippen LogP contribution in [0.2, 0.25) is 0 Å². The molecule has 0 aliphatic carbocycles. The van der Waals surface area contributed by atoms with Crippen LogP contribution in [0.1, 0.15) is 213 Å². The predicted molar refractivity (Wildman–Crippen MR) is 260 cm³/mol. The number of benzene rings is 3. The van der Waals surface area contributed by atoms with Gasteiger partial charge in [0.15, 0.2) is 11.1 Å². The van der Waals surface area contributed by atoms with Crippen LogP contribution in [0.3, 0.4) is 0 Å². The molecule has 62 heavy (non-hydrogen) atoms. The van der Waals surface area contributed by atoms with E-state index in [1.807, 2.05) is 12.1 Å². The number of allylic oxidation sites excluding steroid dienone is 1. The molecule has 0 spiro atoms. The second kappa shape index (κ2) is 11.9. The van der Waals surface area contributed by atoms with E-state index in [-0.39, 0.29) is 54.6 Å². The van der Waals surface area contributed by atoms with Crippen molar-refractivity contribution in [3.05, 3.63) is 90.0 Å². The van der Waals surface area contributed by atoms with Gasteiger partial charge in [0, 0.05) is 88.2 Å². The Morgan fingerprint density at radius 3 is 1.63 bits per heavy atom. The molecular weight excluding hydrogens is 761 g/mol. The van der Waals surface area contributed by atoms with Crippen molar-refractivity contribution >= 4 is 22.8 Å². The number of carboxylic acids is 1. The summed E-state index contributed by atoms with van der Waals surface area (Å²) in [5, 5.41) is 13.5. The summed E-state index contributed by atoms with van der Waals surface area (Å²) in [4.78, 5) is 16.5. The highest BCUT2D eigenvalue weighted by Gasteiger charge is 2.69. The Morgan fingerprint density at radius 2 is 1.11 bits per heavy atom. The summed E-state index contributed by atoms with van der Waals surface area (Å²) >= 11 is 0. The topological polar surface area (TPSA) is 52.8 Å². The van der Waals surface area contributed by atoms with Gasteiger partial charge in [-0.2, -0.15) is 0 Å². The normalized spacial score (nSPS) is 25.0. The number of aryl methyl sites for hydroxylation is 1. The molecule has 8 rings (SSSR count). The van der Waals surface area contributed by atoms with Crippen LogP contribution in [0.4, 0.5) is 5.69 Å². The zero-order chi connectivity index (χ0) is 47.0. The lowest BCUT2D eigenvalue weighted by molar-refractivity contribution is -0.000461. The van der Waals surface area contributed by atoms with Crippen LogP contribution in [0.5, 0.6) is 11.5 Å². The Kier molecular flexibility index (Phi) is 8.57. The fraction of sp³-hybridized carbons (Fsp3) is 0.614. The smallest absolute Gasteiger partial charge is 0.336 e. The zero-order valence-electron chi connectivity index (χ0n) is 43.4. The summed E-state index contributed by atoms with van der Waals surface area (Å²) in [5.74, 6) is 0.862. The number of hydrogen-bond acceptors (Lipinski definition) is 3. The molecule has 0 saturated heterocycles. The van der Waals surface area contributed by atoms with Crippen molar-refractivity contribution in [2.24, 2.45) is 16.2 Å². The standard InChI is InChI=1S/C57H78N2O3/c1-29-26-27-34(47(60)61)35(28-29)39-37-31(3)36-30(2)33(5)51(12,13)58-43(36)41(49(8,9)53(16,17)55(58,20)21)45(37)62-46-38(39)32(4)40-44-42(46)50(10,11)54(18,19)57(24,25)59(44)56(22,23)52(14,15)48(40,6)7/h26-28H,1-25H3/p+1. The van der Waals surface area contributed by atoms with Gasteiger partial charge in [-0.1, -0.05) is 101 Å². The molecule has 0 aromatic heterocycles. The second-order valence-corrected chi connectivity index (χ2v) is 25.6. The van der Waals surface area contributed by atoms with E-state index in [9.17, 15) is 9.90 Å². The monoisotopic (exact) mass is 840 g/mol. The Morgan fingerprint density at radius 1 is 0.613 bits per heavy atom. The minimum Gasteiger partial charge on any atom is -0.478 e. The third-order valence-corrected chi connectivity index (χ3v) is 21.4. The lowest BCUT2D eigenvalue weighted by Crippen LogP contribution is -2.76. The highest BCUT2D eigenvalue weighted by molar-refractivity contribution is 6.01. The van der Waals surface area contributed by atoms with Crippen LogP contribution in [0, 0.1) is 37.0 Å². The Bertz CT molecular complexity index is 2780. The predicted octanol–water partition coefficient (Wildman–Crippen LogP) is 12.8. The molecule has 0 amide bonds. The Labute approximate surface area is 374 Å². The van der Waals surface area contributed by atoms with E-state index in [0.29, 0.717) is 5.56 Å². The second-order valence-electron chi connectivity index (χ2n) is 25.6. The Balaban J connectivity index is 1.79. The summed E-state index contributed by atoms with van der Waals surface area (Å²) in [6.07, 6.45) is 0. The summed E-state index contributed by atoms with van der Waals surface area (Å²) in [6.45, 7) is 60.3. The first-order valence-electron chi connectivity index (χ1n) is 23.4. The summed E-state index contributed by atoms with van der Waals surface area (Å²) in [7, 11) is 0. The van der Waals surface area contributed by atoms with E-state index < -0.39 is 5.97 Å². The maximum Gasteiger partial charge on any atom is 0.336 e. The van der Waals surface area contributed by atoms with Crippen molar-refractivity contribution in [1.82, 2.24) is 4.58 Å². The van der Waals surface area contributed by atoms with Crippen molar-refractivity contribution < 1.29 is 14.6 Å². The van der Waals surface area contributed by atoms with Gasteiger partial charge >= 0.3 is 5.97 Å². The van der Waals surface area contributed by atoms with Gasteiger partial charge in [-0.25, -0.2) is 9.37 Å². The van der Waals surface area contributed by atoms with Gasteiger partial charge in [-0.05, 0) is 112 Å². The van der Waals surface area contributed by atoms with Crippen LogP contribution in [-0.2, 0) is 16.2 Å². The molecule has 0 saturated carbocycles. The minimum atomic E-state index is -0.920. The lowest BCUT2D eigenvalue weighted by atomic mass is 9.45. The van der Waals surface area contributed by atoms with Gasteiger partial charge in [-0.3, -0.25) is 0 Å². The maximum atomic E-state index is 13.7. The highest BCUT2D eigenvalue weighted by atomic mass is 16.5. The molecule has 3 aromatic rings. The molecule has 5 nitrogen and oxygen atoms in total. The molecule has 5 aliphatic heterocycles. The number of carbonyl (C=O) groups is 1. The molecule has 0 radical (unpaired) electrons. The molecular formula is C57H79N2O3+. The number of carboxylic acid groups (broad SMARTS) is 1. The van der Waals surface area contributed by atoms with Gasteiger partial charge in [0.25, 0.3) is 0 Å². The third-order valence-electron chi connectivity index (χ3n) is 21.4. The summed E-state index contributed by atoms with van der Waals surface area (Å²) < 4.78 is 10.9. The van der Waals surface area contributed by atoms with Crippen LogP contribution in [0.15, 0.2) is 23.8 Å². The SMILES string of the molecule is CC1=C(C)C(C)(C)[N+]2=c3c1c(C)c1c(c3C(C)(C)C(C)(C)C2(C)C)Oc2c(c(C)c3c4c2C(C)(C)C(C)(C)C(C)(C)N4C(C)(C)C(C)(C)C3(C)C)C=1c1cc(C)ccc1C(=O)O. The summed E-state index contributed by atoms with van der Waals surface area (Å²) in [5.41, 5.74) is 12.7. The molecule has 0 fully saturated rings. The maximum absolute atomic E-state index is 13.7. The molecule has 3 aromatic carbocycles. The average Bonchev–Trinajstić information content (AvgIpc) is 3.10. The van der Waals surface area contributed by atoms with E-state index in [1.54, 1.807) is 0 Å². The largest absolute Gasteiger partial charge is 0.478 e. The molecule has 1 N–H and O–H groups in total. The molecule has 5 aliphatic rings. The number of ether oxygens (including phenoxy) is 1. The van der Waals surface area contributed by atoms with Gasteiger partial charge in [-0.15, -0.1) is 0 Å². The quantitative estimate of drug-likeness (QED) is 0.204. The summed E-state index contributed by atoms with van der Waals surface area (Å²) in [6, 6.07) is 5.91. The number of hydrogen-bond donors (Lipinski definition) is 1. The van der Waals surface area contributed by atoms with Crippen LogP contribution >= 0.6 is 0 Å². The minimum absolute atomic E-state index is 0.182. The van der Waals surface area contributed by atoms with E-state index in [0.717, 1.165) is 44.5 Å². The van der Waals surface area contributed by atoms with Crippen molar-refractivity contribution in [2.45, 2.75) is 211 Å². The number of aromatic carboxylic acids is 1. The highest BCUT2D eigenvalue weighted by Crippen LogP contribution is 2.71. The zero-order valence-corrected chi connectivity index (χ0v) is 43.4. The van der Waals surface area contributed by atoms with Gasteiger partial charge in [0.2, 0.25) is 5.36 Å². The van der Waals surface area contributed by atoms with Gasteiger partial charge < -0.3 is 14.7 Å². The van der Waals surface area contributed by atoms with Gasteiger partial charge in [0.1, 0.15) is 11.5 Å². The van der Waals surface area contributed by atoms with Crippen LogP contribution in [-0.4, -0.2) is 33.2 Å². The van der Waals surface area contributed by atoms with Crippen molar-refractivity contribution in [1.29, 1.82) is 0 Å². The average molecular weight is 840 g/mol. The first-order valence-corrected chi connectivity index (χ1v) is 23.4. The molecule has 0 unspecified atom stereocenters. The fourth-order valence-corrected chi connectivity index (χ4v) is 14.2. The molecule has 5 heteroatoms. The van der Waals surface area contributed by atoms with E-state index in [4.69, 9.17) is 4.74 Å². The molecule has 0 bridgehead atoms. The van der Waals surface area contributed by atoms with E-state index in [1.165, 1.54) is 50.0 Å². The van der Waals surface area contributed by atoms with Crippen molar-refractivity contribution in [3.8, 4) is 11.5 Å². The molecule has 334 valence electrons. The van der Waals surface area contributed by atoms with Crippen LogP contribution < -0.4 is 24.8 Å². The third kappa shape index (κ3) is 4.48. The van der Waals surface area contributed by atoms with Crippen LogP contribution in [0.25, 0.3) is 11.1 Å². The van der Waals surface area contributed by atoms with Crippen molar-refractivity contribution in [2.75, 3.05) is 4.90 Å². The number of rotatable bonds is 2. The number of fused-ring (bicyclic) bond motifs is 4. The molecule has 5 heterocycles. The van der Waals surface area contributed by atoms with Gasteiger partial charge in [0.05, 0.1) is 16.7 Å². The van der Waals surface area contributed by atoms with Crippen molar-refractivity contribution in [3.63, 3.8) is 0 Å². The lowest BCUT2D eigenvalue weighted by Gasteiger charge is -2.73. The Hall–Kier alpha value is -3.86. The molecule has 0 atom stereocenters. The van der Waals surface area contributed by atoms with E-state index in [2.05, 4.69) is 189 Å². The first-order chi connectivity index (χ1) is 27.8.